The lowest BCUT2D eigenvalue weighted by Crippen LogP contribution is -2.62. The van der Waals surface area contributed by atoms with Gasteiger partial charge in [0.25, 0.3) is 0 Å². The van der Waals surface area contributed by atoms with Crippen molar-refractivity contribution in [2.24, 2.45) is 17.6 Å². The summed E-state index contributed by atoms with van der Waals surface area (Å²) in [6, 6.07) is -1.84. The van der Waals surface area contributed by atoms with Crippen molar-refractivity contribution in [1.29, 1.82) is 0 Å². The Labute approximate surface area is 381 Å². The minimum atomic E-state index is -2.09. The van der Waals surface area contributed by atoms with Gasteiger partial charge in [0.1, 0.15) is 18.3 Å². The Morgan fingerprint density at radius 3 is 1.88 bits per heavy atom. The molecule has 4 aliphatic heterocycles. The molecule has 0 aromatic rings. The van der Waals surface area contributed by atoms with Crippen molar-refractivity contribution in [3.05, 3.63) is 85.1 Å². The number of ether oxygens (including phenoxy) is 5. The Hall–Kier alpha value is -3.60. The highest BCUT2D eigenvalue weighted by Gasteiger charge is 2.53. The summed E-state index contributed by atoms with van der Waals surface area (Å²) < 4.78 is 29.1. The minimum Gasteiger partial charge on any atom is -0.462 e. The van der Waals surface area contributed by atoms with Gasteiger partial charge in [-0.25, -0.2) is 4.79 Å². The number of rotatable bonds is 2. The fraction of sp³-hybridized carbons (Fsp3) is 0.660. The summed E-state index contributed by atoms with van der Waals surface area (Å²) in [7, 11) is 0. The van der Waals surface area contributed by atoms with Gasteiger partial charge < -0.3 is 80.7 Å². The lowest BCUT2D eigenvalue weighted by atomic mass is 9.87. The largest absolute Gasteiger partial charge is 0.462 e. The molecule has 12 N–H and O–H groups in total. The number of allylic oxidation sites excluding steroid dienone is 12. The van der Waals surface area contributed by atoms with Gasteiger partial charge in [0, 0.05) is 37.5 Å². The minimum absolute atomic E-state index is 0.0414. The highest BCUT2D eigenvalue weighted by Crippen LogP contribution is 2.38. The molecule has 366 valence electrons. The summed E-state index contributed by atoms with van der Waals surface area (Å²) in [6.45, 7) is 6.84. The molecule has 4 aliphatic rings. The first-order valence-electron chi connectivity index (χ1n) is 22.5. The number of carbonyl (C=O) groups is 2. The number of amides is 1. The van der Waals surface area contributed by atoms with Crippen LogP contribution in [0.2, 0.25) is 0 Å². The van der Waals surface area contributed by atoms with Gasteiger partial charge in [0.15, 0.2) is 12.1 Å². The number of hydrogen-bond donors (Lipinski definition) is 11. The van der Waals surface area contributed by atoms with Gasteiger partial charge in [-0.15, -0.1) is 0 Å². The van der Waals surface area contributed by atoms with Crippen LogP contribution in [-0.2, 0) is 28.5 Å². The van der Waals surface area contributed by atoms with Gasteiger partial charge in [-0.3, -0.25) is 4.79 Å². The van der Waals surface area contributed by atoms with Crippen LogP contribution in [-0.4, -0.2) is 162 Å². The lowest BCUT2D eigenvalue weighted by Gasteiger charge is -2.44. The molecular formula is C47H72N2O16. The van der Waals surface area contributed by atoms with E-state index in [1.807, 2.05) is 61.6 Å². The van der Waals surface area contributed by atoms with E-state index < -0.39 is 141 Å². The van der Waals surface area contributed by atoms with E-state index in [0.717, 1.165) is 0 Å². The summed E-state index contributed by atoms with van der Waals surface area (Å²) in [5.74, 6) is -3.50. The second-order valence-corrected chi connectivity index (χ2v) is 17.8. The SMILES string of the molecule is C[C@@H]1[C@H](O)[C@@H](C)/C=C/C=C/C=C/C=C/C=C/C=C/C=C/[C@H](O[C@@H]2O[C@H](C)[C@@H](O)[C@H](N)[C@@H]2O)CC2O[C@@](O)(CC3OC(=O)N[C@H]32)C[C@@H](O)C[C@@H](O)[C@H](O)CC[C@@H](O)C[C@@H](O)CC(=O)O[C@H]1C. The maximum Gasteiger partial charge on any atom is 0.407 e. The topological polar surface area (TPSA) is 300 Å². The Balaban J connectivity index is 1.53. The quantitative estimate of drug-likeness (QED) is 0.173. The molecule has 0 saturated carbocycles. The summed E-state index contributed by atoms with van der Waals surface area (Å²) in [4.78, 5) is 25.1. The third-order valence-corrected chi connectivity index (χ3v) is 12.3. The number of hydrogen-bond acceptors (Lipinski definition) is 17. The second-order valence-electron chi connectivity index (χ2n) is 17.8. The number of nitrogens with one attached hydrogen (secondary N) is 1. The molecule has 0 aromatic carbocycles. The zero-order chi connectivity index (χ0) is 47.8. The summed E-state index contributed by atoms with van der Waals surface area (Å²) >= 11 is 0. The van der Waals surface area contributed by atoms with Crippen LogP contribution >= 0.6 is 0 Å². The van der Waals surface area contributed by atoms with Crippen molar-refractivity contribution in [3.8, 4) is 0 Å². The molecule has 0 radical (unpaired) electrons. The second kappa shape index (κ2) is 26.1. The molecule has 1 amide bonds. The van der Waals surface area contributed by atoms with Gasteiger partial charge in [0.2, 0.25) is 0 Å². The predicted octanol–water partition coefficient (Wildman–Crippen LogP) is 1.13. The average molecular weight is 921 g/mol. The molecule has 3 saturated heterocycles. The standard InChI is InChI=1S/C47H72N2O16/c1-27-17-15-13-11-9-7-5-6-8-10-12-14-16-18-34(63-45-44(58)40(48)43(57)30(4)62-45)24-37-41-38(64-46(59)49-41)26-47(60,65-37)25-33(52)22-36(54)35(53)20-19-31(50)21-32(51)23-39(55)61-29(3)28(2)42(27)56/h5-18,27-38,40-45,50-54,56-58,60H,19-26,48H2,1-4H3,(H,49,59)/b6-5+,9-7+,10-8+,13-11+,14-12+,17-15+,18-16+/t27-,28-,29-,30+,31+,32+,33-,34-,35+,36+,37?,38?,40-,41-,42+,43+,44-,45-,47+/m0/s1. The normalized spacial score (nSPS) is 46.2. The third-order valence-electron chi connectivity index (χ3n) is 12.3. The van der Waals surface area contributed by atoms with Crippen molar-refractivity contribution in [2.75, 3.05) is 0 Å². The van der Waals surface area contributed by atoms with Crippen LogP contribution in [0.25, 0.3) is 0 Å². The van der Waals surface area contributed by atoms with Crippen molar-refractivity contribution in [3.63, 3.8) is 0 Å². The molecule has 3 fully saturated rings. The zero-order valence-electron chi connectivity index (χ0n) is 37.6. The fourth-order valence-electron chi connectivity index (χ4n) is 8.23. The number of esters is 1. The van der Waals surface area contributed by atoms with Gasteiger partial charge >= 0.3 is 12.1 Å². The molecule has 2 unspecified atom stereocenters. The maximum absolute atomic E-state index is 12.6. The van der Waals surface area contributed by atoms with E-state index in [-0.39, 0.29) is 38.0 Å². The van der Waals surface area contributed by atoms with E-state index in [0.29, 0.717) is 0 Å². The Morgan fingerprint density at radius 2 is 1.25 bits per heavy atom. The van der Waals surface area contributed by atoms with Crippen LogP contribution in [0.15, 0.2) is 85.1 Å². The van der Waals surface area contributed by atoms with E-state index >= 15 is 0 Å². The van der Waals surface area contributed by atoms with Crippen LogP contribution in [0.4, 0.5) is 4.79 Å². The van der Waals surface area contributed by atoms with Crippen LogP contribution < -0.4 is 11.1 Å². The maximum atomic E-state index is 12.6. The predicted molar refractivity (Wildman–Crippen MR) is 237 cm³/mol. The van der Waals surface area contributed by atoms with E-state index in [2.05, 4.69) is 5.32 Å². The lowest BCUT2D eigenvalue weighted by molar-refractivity contribution is -0.298. The first-order valence-corrected chi connectivity index (χ1v) is 22.5. The van der Waals surface area contributed by atoms with Gasteiger partial charge in [-0.05, 0) is 33.1 Å². The van der Waals surface area contributed by atoms with Crippen molar-refractivity contribution in [1.82, 2.24) is 5.32 Å². The molecule has 19 atom stereocenters. The molecule has 18 nitrogen and oxygen atoms in total. The fourth-order valence-corrected chi connectivity index (χ4v) is 8.23. The summed E-state index contributed by atoms with van der Waals surface area (Å²) in [5.41, 5.74) is 6.07. The van der Waals surface area contributed by atoms with E-state index in [4.69, 9.17) is 29.4 Å². The summed E-state index contributed by atoms with van der Waals surface area (Å²) in [5, 5.41) is 100. The molecule has 0 aliphatic carbocycles. The molecule has 2 bridgehead atoms. The smallest absolute Gasteiger partial charge is 0.407 e. The molecule has 18 heteroatoms. The van der Waals surface area contributed by atoms with Crippen molar-refractivity contribution >= 4 is 12.1 Å². The average Bonchev–Trinajstić information content (AvgIpc) is 3.61. The van der Waals surface area contributed by atoms with Crippen LogP contribution in [0.3, 0.4) is 0 Å². The van der Waals surface area contributed by atoms with Crippen molar-refractivity contribution < 1.29 is 79.2 Å². The van der Waals surface area contributed by atoms with Gasteiger partial charge in [-0.2, -0.15) is 0 Å². The monoisotopic (exact) mass is 920 g/mol. The number of nitrogens with two attached hydrogens (primary N) is 1. The zero-order valence-corrected chi connectivity index (χ0v) is 37.6. The molecule has 4 rings (SSSR count). The third kappa shape index (κ3) is 17.2. The number of carbonyl (C=O) groups excluding carboxylic acids is 2. The van der Waals surface area contributed by atoms with Crippen LogP contribution in [0, 0.1) is 11.8 Å². The Bertz CT molecular complexity index is 1700. The molecule has 0 aromatic heterocycles. The van der Waals surface area contributed by atoms with Crippen LogP contribution in [0.5, 0.6) is 0 Å². The van der Waals surface area contributed by atoms with E-state index in [1.165, 1.54) is 0 Å². The number of aliphatic hydroxyl groups is 9. The number of fused-ring (bicyclic) bond motifs is 4. The van der Waals surface area contributed by atoms with E-state index in [1.54, 1.807) is 51.2 Å². The summed E-state index contributed by atoms with van der Waals surface area (Å²) in [6.07, 6.45) is 6.59. The Kier molecular flexibility index (Phi) is 21.7. The van der Waals surface area contributed by atoms with Gasteiger partial charge in [0.05, 0.1) is 79.5 Å². The number of alkyl carbamates (subject to hydrolysis) is 1. The first-order chi connectivity index (χ1) is 30.8. The molecule has 4 heterocycles. The van der Waals surface area contributed by atoms with Crippen molar-refractivity contribution in [2.45, 2.75) is 183 Å². The number of cyclic esters (lactones) is 1. The van der Waals surface area contributed by atoms with Gasteiger partial charge in [-0.1, -0.05) is 98.9 Å². The molecule has 65 heavy (non-hydrogen) atoms. The Morgan fingerprint density at radius 1 is 0.646 bits per heavy atom. The van der Waals surface area contributed by atoms with E-state index in [9.17, 15) is 55.5 Å². The number of aliphatic hydroxyl groups excluding tert-OH is 8. The highest BCUT2D eigenvalue weighted by molar-refractivity contribution is 5.70. The highest BCUT2D eigenvalue weighted by atomic mass is 16.7. The first kappa shape index (κ1) is 54.0. The molecular weight excluding hydrogens is 849 g/mol. The molecule has 0 spiro atoms. The van der Waals surface area contributed by atoms with Crippen LogP contribution in [0.1, 0.15) is 79.1 Å².